The summed E-state index contributed by atoms with van der Waals surface area (Å²) >= 11 is 0. The maximum atomic E-state index is 9.15. The van der Waals surface area contributed by atoms with Crippen LogP contribution in [0, 0.1) is 24.9 Å². The van der Waals surface area contributed by atoms with E-state index in [9.17, 15) is 0 Å². The molecule has 8 aromatic rings. The Kier molecular flexibility index (Phi) is 9.16. The summed E-state index contributed by atoms with van der Waals surface area (Å²) in [5, 5.41) is 2.23. The van der Waals surface area contributed by atoms with Gasteiger partial charge in [-0.15, -0.1) is 47.5 Å². The molecule has 0 saturated heterocycles. The van der Waals surface area contributed by atoms with Crippen molar-refractivity contribution in [1.82, 2.24) is 9.97 Å². The van der Waals surface area contributed by atoms with Crippen LogP contribution in [-0.4, -0.2) is 9.97 Å². The van der Waals surface area contributed by atoms with E-state index in [4.69, 9.17) is 14.0 Å². The molecule has 0 bridgehead atoms. The molecule has 0 N–H and O–H groups in total. The van der Waals surface area contributed by atoms with E-state index >= 15 is 0 Å². The third-order valence-corrected chi connectivity index (χ3v) is 9.49. The Morgan fingerprint density at radius 3 is 2.32 bits per heavy atom. The number of aryl methyl sites for hydroxylation is 1. The van der Waals surface area contributed by atoms with E-state index in [0.717, 1.165) is 58.0 Å². The normalized spacial score (nSPS) is 15.7. The van der Waals surface area contributed by atoms with Gasteiger partial charge in [-0.25, -0.2) is 0 Å². The van der Waals surface area contributed by atoms with Crippen LogP contribution in [-0.2, 0) is 32.9 Å². The van der Waals surface area contributed by atoms with Gasteiger partial charge in [0.15, 0.2) is 0 Å². The van der Waals surface area contributed by atoms with E-state index < -0.39 is 19.6 Å². The molecule has 4 heteroatoms. The van der Waals surface area contributed by atoms with Gasteiger partial charge in [-0.05, 0) is 60.2 Å². The molecule has 5 aromatic carbocycles. The van der Waals surface area contributed by atoms with Crippen LogP contribution in [0.5, 0.6) is 0 Å². The van der Waals surface area contributed by atoms with E-state index in [0.29, 0.717) is 40.8 Å². The number of fused-ring (bicyclic) bond motifs is 3. The predicted molar refractivity (Wildman–Crippen MR) is 214 cm³/mol. The van der Waals surface area contributed by atoms with Crippen LogP contribution < -0.4 is 0 Å². The molecule has 1 aliphatic rings. The van der Waals surface area contributed by atoms with Crippen LogP contribution in [0.2, 0.25) is 0 Å². The predicted octanol–water partition coefficient (Wildman–Crippen LogP) is 12.7. The van der Waals surface area contributed by atoms with E-state index in [1.165, 1.54) is 6.20 Å². The number of nitrogens with zero attached hydrogens (tertiary/aromatic N) is 2. The molecule has 0 unspecified atom stereocenters. The molecule has 0 aliphatic heterocycles. The van der Waals surface area contributed by atoms with Crippen LogP contribution in [0.4, 0.5) is 0 Å². The summed E-state index contributed by atoms with van der Waals surface area (Å²) in [5.41, 5.74) is 6.92. The van der Waals surface area contributed by atoms with E-state index in [-0.39, 0.29) is 37.2 Å². The van der Waals surface area contributed by atoms with Gasteiger partial charge in [-0.1, -0.05) is 157 Å². The average molecular weight is 874 g/mol. The molecule has 3 aromatic heterocycles. The van der Waals surface area contributed by atoms with Crippen molar-refractivity contribution in [3.63, 3.8) is 0 Å². The number of pyridine rings is 2. The fraction of sp³-hybridized carbons (Fsp3) is 0.184. The smallest absolute Gasteiger partial charge is 0.120 e. The maximum Gasteiger partial charge on any atom is 0.120 e. The fourth-order valence-corrected chi connectivity index (χ4v) is 6.86. The summed E-state index contributed by atoms with van der Waals surface area (Å²) in [4.78, 5) is 8.83. The summed E-state index contributed by atoms with van der Waals surface area (Å²) < 4.78 is 66.6. The minimum atomic E-state index is -2.51. The van der Waals surface area contributed by atoms with Crippen molar-refractivity contribution in [2.45, 2.75) is 51.7 Å². The molecule has 1 saturated carbocycles. The SMILES string of the molecule is [2H]C([2H])([2H])c1cnc(-c2[c-]cc(-c3ccccc3)c(C([2H])([2H])c3ccccc3)c2)cc1C([2H])([2H])C1CCCCC1.[Ir].[c-]1ccc2c(oc3ccccc32)c1-c1ccccn1. The van der Waals surface area contributed by atoms with Gasteiger partial charge in [0.1, 0.15) is 5.58 Å². The number of furan rings is 1. The number of rotatable bonds is 7. The first-order valence-electron chi connectivity index (χ1n) is 21.3. The number of hydrogen-bond donors (Lipinski definition) is 0. The monoisotopic (exact) mass is 874 g/mol. The molecule has 3 nitrogen and oxygen atoms in total. The van der Waals surface area contributed by atoms with E-state index in [1.807, 2.05) is 84.9 Å². The molecule has 265 valence electrons. The minimum absolute atomic E-state index is 0. The average Bonchev–Trinajstić information content (AvgIpc) is 3.66. The van der Waals surface area contributed by atoms with Gasteiger partial charge in [0.05, 0.1) is 5.58 Å². The van der Waals surface area contributed by atoms with Crippen LogP contribution in [0.3, 0.4) is 0 Å². The Morgan fingerprint density at radius 2 is 1.53 bits per heavy atom. The van der Waals surface area contributed by atoms with E-state index in [1.54, 1.807) is 48.7 Å². The summed E-state index contributed by atoms with van der Waals surface area (Å²) in [5.74, 6) is -0.273. The molecule has 1 fully saturated rings. The van der Waals surface area contributed by atoms with Gasteiger partial charge in [-0.3, -0.25) is 0 Å². The molecule has 0 atom stereocenters. The molecule has 1 aliphatic carbocycles. The second-order valence-corrected chi connectivity index (χ2v) is 13.0. The second kappa shape index (κ2) is 17.1. The van der Waals surface area contributed by atoms with Gasteiger partial charge < -0.3 is 14.4 Å². The topological polar surface area (TPSA) is 38.9 Å². The van der Waals surface area contributed by atoms with Crippen LogP contribution in [0.15, 0.2) is 150 Å². The van der Waals surface area contributed by atoms with E-state index in [2.05, 4.69) is 28.2 Å². The van der Waals surface area contributed by atoms with Crippen molar-refractivity contribution in [2.24, 2.45) is 5.92 Å². The van der Waals surface area contributed by atoms with Crippen molar-refractivity contribution in [2.75, 3.05) is 0 Å². The molecule has 1 radical (unpaired) electrons. The zero-order valence-electron chi connectivity index (χ0n) is 36.1. The molecule has 0 amide bonds. The van der Waals surface area contributed by atoms with Gasteiger partial charge in [0.2, 0.25) is 0 Å². The Bertz CT molecular complexity index is 2700. The molecular weight excluding hydrogens is 825 g/mol. The standard InChI is InChI=1S/C32H32N.C17H10NO.Ir/c1-24-23-33-32(22-29(24)19-25-11-5-2-6-12-25)28-17-18-31(27-15-9-4-10-16-27)30(21-28)20-26-13-7-3-8-14-26;1-2-10-16-12(6-1)13-7-5-8-14(17(13)19-16)15-9-3-4-11-18-15;/h3-4,7-10,13-16,18,21-23,25H,2,5-6,11-12,19-20H2,1H3;1-7,9-11H;/q2*-1;/i1D3,19D2,20D2;;. The van der Waals surface area contributed by atoms with Gasteiger partial charge in [0, 0.05) is 47.5 Å². The molecule has 53 heavy (non-hydrogen) atoms. The molecule has 0 spiro atoms. The number of para-hydroxylation sites is 1. The Hall–Kier alpha value is -5.15. The van der Waals surface area contributed by atoms with Gasteiger partial charge in [0.25, 0.3) is 0 Å². The minimum Gasteiger partial charge on any atom is -0.501 e. The first-order valence-corrected chi connectivity index (χ1v) is 17.8. The van der Waals surface area contributed by atoms with Crippen LogP contribution in [0.25, 0.3) is 55.6 Å². The Morgan fingerprint density at radius 1 is 0.755 bits per heavy atom. The fourth-order valence-electron chi connectivity index (χ4n) is 6.86. The van der Waals surface area contributed by atoms with Gasteiger partial charge in [-0.2, -0.15) is 0 Å². The summed E-state index contributed by atoms with van der Waals surface area (Å²) in [7, 11) is 0. The summed E-state index contributed by atoms with van der Waals surface area (Å²) in [6, 6.07) is 47.9. The Labute approximate surface area is 336 Å². The quantitative estimate of drug-likeness (QED) is 0.150. The Balaban J connectivity index is 0.000000226. The summed E-state index contributed by atoms with van der Waals surface area (Å²) in [6.45, 7) is -2.51. The number of hydrogen-bond acceptors (Lipinski definition) is 3. The van der Waals surface area contributed by atoms with Crippen molar-refractivity contribution >= 4 is 21.9 Å². The zero-order chi connectivity index (χ0) is 41.2. The largest absolute Gasteiger partial charge is 0.501 e. The third kappa shape index (κ3) is 8.41. The number of aromatic nitrogens is 2. The van der Waals surface area contributed by atoms with Crippen LogP contribution in [0.1, 0.15) is 64.0 Å². The first-order chi connectivity index (χ1) is 28.4. The van der Waals surface area contributed by atoms with Crippen molar-refractivity contribution in [3.05, 3.63) is 180 Å². The maximum absolute atomic E-state index is 9.15. The van der Waals surface area contributed by atoms with Crippen molar-refractivity contribution in [1.29, 1.82) is 0 Å². The van der Waals surface area contributed by atoms with Crippen molar-refractivity contribution in [3.8, 4) is 33.6 Å². The van der Waals surface area contributed by atoms with Crippen LogP contribution >= 0.6 is 0 Å². The molecular formula is C49H42IrN2O-2. The zero-order valence-corrected chi connectivity index (χ0v) is 31.5. The molecule has 3 heterocycles. The van der Waals surface area contributed by atoms with Crippen molar-refractivity contribution < 1.29 is 34.1 Å². The first kappa shape index (κ1) is 28.4. The summed E-state index contributed by atoms with van der Waals surface area (Å²) in [6.07, 6.45) is 3.70. The second-order valence-electron chi connectivity index (χ2n) is 13.0. The third-order valence-electron chi connectivity index (χ3n) is 9.49. The van der Waals surface area contributed by atoms with Gasteiger partial charge >= 0.3 is 0 Å². The molecule has 9 rings (SSSR count). The number of benzene rings is 5.